The third-order valence-electron chi connectivity index (χ3n) is 5.09. The van der Waals surface area contributed by atoms with Crippen LogP contribution in [0.5, 0.6) is 0 Å². The van der Waals surface area contributed by atoms with Crippen LogP contribution >= 0.6 is 11.6 Å². The first kappa shape index (κ1) is 23.5. The average molecular weight is 477 g/mol. The first-order valence-corrected chi connectivity index (χ1v) is 11.1. The third-order valence-corrected chi connectivity index (χ3v) is 6.90. The van der Waals surface area contributed by atoms with Gasteiger partial charge in [-0.05, 0) is 55.7 Å². The largest absolute Gasteiger partial charge is 0.421 e. The molecule has 1 fully saturated rings. The minimum absolute atomic E-state index is 0.0148. The van der Waals surface area contributed by atoms with Crippen molar-refractivity contribution in [1.82, 2.24) is 4.72 Å². The Balaban J connectivity index is 1.64. The van der Waals surface area contributed by atoms with E-state index in [1.165, 1.54) is 30.3 Å². The fourth-order valence-electron chi connectivity index (χ4n) is 3.00. The van der Waals surface area contributed by atoms with Crippen molar-refractivity contribution in [2.75, 3.05) is 5.32 Å². The Bertz CT molecular complexity index is 1080. The van der Waals surface area contributed by atoms with Crippen molar-refractivity contribution in [3.05, 3.63) is 59.1 Å². The molecule has 11 heteroatoms. The zero-order valence-electron chi connectivity index (χ0n) is 16.3. The molecule has 31 heavy (non-hydrogen) atoms. The van der Waals surface area contributed by atoms with Gasteiger partial charge < -0.3 is 10.4 Å². The van der Waals surface area contributed by atoms with Crippen molar-refractivity contribution in [2.45, 2.75) is 48.4 Å². The summed E-state index contributed by atoms with van der Waals surface area (Å²) in [6, 6.07) is 10.4. The highest BCUT2D eigenvalue weighted by molar-refractivity contribution is 7.89. The van der Waals surface area contributed by atoms with Crippen molar-refractivity contribution < 1.29 is 31.5 Å². The highest BCUT2D eigenvalue weighted by Crippen LogP contribution is 2.41. The molecule has 6 nitrogen and oxygen atoms in total. The van der Waals surface area contributed by atoms with Crippen LogP contribution in [-0.2, 0) is 20.4 Å². The highest BCUT2D eigenvalue weighted by atomic mass is 35.5. The molecule has 2 aromatic carbocycles. The van der Waals surface area contributed by atoms with E-state index in [0.717, 1.165) is 12.1 Å². The van der Waals surface area contributed by atoms with Crippen LogP contribution in [0.15, 0.2) is 53.4 Å². The standard InChI is InChI=1S/C20H20ClF3N2O4S/c1-18(28,20(22,23)24)13-5-7-15(8-6-13)25-17(27)12-19(9-10-19)26-31(29,30)16-4-2-3-14(21)11-16/h2-8,11,26,28H,9-10,12H2,1H3,(H,25,27). The van der Waals surface area contributed by atoms with Crippen LogP contribution in [0.2, 0.25) is 5.02 Å². The molecular formula is C20H20ClF3N2O4S. The number of benzene rings is 2. The van der Waals surface area contributed by atoms with Crippen molar-refractivity contribution >= 4 is 33.2 Å². The maximum atomic E-state index is 12.9. The van der Waals surface area contributed by atoms with Gasteiger partial charge in [0.2, 0.25) is 15.9 Å². The Labute approximate surface area is 182 Å². The molecule has 2 aromatic rings. The van der Waals surface area contributed by atoms with Gasteiger partial charge in [0.15, 0.2) is 5.60 Å². The second kappa shape index (κ2) is 8.09. The number of carbonyl (C=O) groups is 1. The monoisotopic (exact) mass is 476 g/mol. The van der Waals surface area contributed by atoms with Crippen LogP contribution < -0.4 is 10.0 Å². The molecule has 3 rings (SSSR count). The number of alkyl halides is 3. The number of hydrogen-bond donors (Lipinski definition) is 3. The third kappa shape index (κ3) is 5.38. The zero-order chi connectivity index (χ0) is 23.1. The van der Waals surface area contributed by atoms with E-state index in [-0.39, 0.29) is 27.6 Å². The van der Waals surface area contributed by atoms with Gasteiger partial charge in [-0.15, -0.1) is 0 Å². The van der Waals surface area contributed by atoms with E-state index in [9.17, 15) is 31.5 Å². The summed E-state index contributed by atoms with van der Waals surface area (Å²) in [7, 11) is -3.88. The summed E-state index contributed by atoms with van der Waals surface area (Å²) >= 11 is 5.84. The van der Waals surface area contributed by atoms with Crippen LogP contribution in [0.25, 0.3) is 0 Å². The van der Waals surface area contributed by atoms with Gasteiger partial charge in [-0.2, -0.15) is 13.2 Å². The summed E-state index contributed by atoms with van der Waals surface area (Å²) in [5, 5.41) is 12.5. The number of halogens is 4. The van der Waals surface area contributed by atoms with E-state index in [0.29, 0.717) is 19.8 Å². The summed E-state index contributed by atoms with van der Waals surface area (Å²) in [5.74, 6) is -0.498. The lowest BCUT2D eigenvalue weighted by Crippen LogP contribution is -2.39. The summed E-state index contributed by atoms with van der Waals surface area (Å²) < 4.78 is 66.5. The van der Waals surface area contributed by atoms with Crippen LogP contribution in [-0.4, -0.2) is 31.1 Å². The summed E-state index contributed by atoms with van der Waals surface area (Å²) in [4.78, 5) is 12.4. The van der Waals surface area contributed by atoms with Crippen molar-refractivity contribution in [1.29, 1.82) is 0 Å². The Kier molecular flexibility index (Phi) is 6.13. The second-order valence-corrected chi connectivity index (χ2v) is 9.83. The second-order valence-electron chi connectivity index (χ2n) is 7.72. The van der Waals surface area contributed by atoms with Gasteiger partial charge in [0, 0.05) is 22.7 Å². The molecule has 1 aliphatic rings. The molecular weight excluding hydrogens is 457 g/mol. The molecule has 0 spiro atoms. The summed E-state index contributed by atoms with van der Waals surface area (Å²) in [5.41, 5.74) is -4.09. The normalized spacial score (nSPS) is 17.6. The topological polar surface area (TPSA) is 95.5 Å². The van der Waals surface area contributed by atoms with E-state index in [2.05, 4.69) is 10.0 Å². The van der Waals surface area contributed by atoms with Gasteiger partial charge in [-0.3, -0.25) is 4.79 Å². The molecule has 0 heterocycles. The molecule has 0 radical (unpaired) electrons. The number of amides is 1. The molecule has 0 bridgehead atoms. The Morgan fingerprint density at radius 2 is 1.77 bits per heavy atom. The van der Waals surface area contributed by atoms with Gasteiger partial charge in [0.05, 0.1) is 4.90 Å². The number of anilines is 1. The quantitative estimate of drug-likeness (QED) is 0.564. The Morgan fingerprint density at radius 1 is 1.16 bits per heavy atom. The number of nitrogens with one attached hydrogen (secondary N) is 2. The predicted octanol–water partition coefficient (Wildman–Crippen LogP) is 3.95. The summed E-state index contributed by atoms with van der Waals surface area (Å²) in [6.07, 6.45) is -4.06. The number of sulfonamides is 1. The minimum atomic E-state index is -4.85. The fourth-order valence-corrected chi connectivity index (χ4v) is 4.76. The van der Waals surface area contributed by atoms with E-state index in [1.54, 1.807) is 6.07 Å². The molecule has 0 saturated heterocycles. The van der Waals surface area contributed by atoms with Gasteiger partial charge in [0.1, 0.15) is 0 Å². The number of aliphatic hydroxyl groups is 1. The van der Waals surface area contributed by atoms with Crippen molar-refractivity contribution in [3.63, 3.8) is 0 Å². The number of rotatable bonds is 7. The first-order valence-electron chi connectivity index (χ1n) is 9.23. The van der Waals surface area contributed by atoms with Crippen LogP contribution in [0.1, 0.15) is 31.7 Å². The molecule has 1 atom stereocenters. The lowest BCUT2D eigenvalue weighted by molar-refractivity contribution is -0.258. The van der Waals surface area contributed by atoms with Gasteiger partial charge in [-0.1, -0.05) is 29.8 Å². The molecule has 1 saturated carbocycles. The molecule has 3 N–H and O–H groups in total. The Hall–Kier alpha value is -2.14. The van der Waals surface area contributed by atoms with Crippen LogP contribution in [0.3, 0.4) is 0 Å². The maximum absolute atomic E-state index is 12.9. The average Bonchev–Trinajstić information content (AvgIpc) is 3.39. The van der Waals surface area contributed by atoms with Crippen LogP contribution in [0.4, 0.5) is 18.9 Å². The van der Waals surface area contributed by atoms with E-state index in [1.807, 2.05) is 0 Å². The van der Waals surface area contributed by atoms with Gasteiger partial charge >= 0.3 is 6.18 Å². The first-order chi connectivity index (χ1) is 14.2. The molecule has 0 aromatic heterocycles. The highest BCUT2D eigenvalue weighted by Gasteiger charge is 2.51. The smallest absolute Gasteiger partial charge is 0.376 e. The van der Waals surface area contributed by atoms with E-state index < -0.39 is 33.2 Å². The predicted molar refractivity (Wildman–Crippen MR) is 109 cm³/mol. The molecule has 1 aliphatic carbocycles. The van der Waals surface area contributed by atoms with Gasteiger partial charge in [-0.25, -0.2) is 13.1 Å². The van der Waals surface area contributed by atoms with E-state index >= 15 is 0 Å². The Morgan fingerprint density at radius 3 is 2.29 bits per heavy atom. The minimum Gasteiger partial charge on any atom is -0.376 e. The lowest BCUT2D eigenvalue weighted by Gasteiger charge is -2.26. The van der Waals surface area contributed by atoms with E-state index in [4.69, 9.17) is 11.6 Å². The molecule has 168 valence electrons. The molecule has 1 amide bonds. The zero-order valence-corrected chi connectivity index (χ0v) is 17.9. The number of carbonyl (C=O) groups excluding carboxylic acids is 1. The molecule has 1 unspecified atom stereocenters. The lowest BCUT2D eigenvalue weighted by atomic mass is 9.95. The molecule has 0 aliphatic heterocycles. The van der Waals surface area contributed by atoms with Crippen LogP contribution in [0, 0.1) is 0 Å². The van der Waals surface area contributed by atoms with Gasteiger partial charge in [0.25, 0.3) is 0 Å². The fraction of sp³-hybridized carbons (Fsp3) is 0.350. The summed E-state index contributed by atoms with van der Waals surface area (Å²) in [6.45, 7) is 0.642. The van der Waals surface area contributed by atoms with Crippen molar-refractivity contribution in [3.8, 4) is 0 Å². The van der Waals surface area contributed by atoms with Crippen molar-refractivity contribution in [2.24, 2.45) is 0 Å². The number of hydrogen-bond acceptors (Lipinski definition) is 4. The SMILES string of the molecule is CC(O)(c1ccc(NC(=O)CC2(NS(=O)(=O)c3cccc(Cl)c3)CC2)cc1)C(F)(F)F. The maximum Gasteiger partial charge on any atom is 0.421 e.